The average molecular weight is 339 g/mol. The highest BCUT2D eigenvalue weighted by Crippen LogP contribution is 2.31. The van der Waals surface area contributed by atoms with Crippen molar-refractivity contribution in [2.45, 2.75) is 13.1 Å². The molecule has 0 saturated heterocycles. The van der Waals surface area contributed by atoms with Gasteiger partial charge in [-0.05, 0) is 31.2 Å². The lowest BCUT2D eigenvalue weighted by atomic mass is 10.2. The van der Waals surface area contributed by atoms with E-state index >= 15 is 0 Å². The van der Waals surface area contributed by atoms with Crippen molar-refractivity contribution < 1.29 is 18.0 Å². The first-order valence-electron chi connectivity index (χ1n) is 6.67. The van der Waals surface area contributed by atoms with Gasteiger partial charge in [0.25, 0.3) is 5.91 Å². The molecule has 0 aliphatic rings. The molecule has 0 bridgehead atoms. The molecular formula is C15H12F3N3OS. The van der Waals surface area contributed by atoms with Crippen molar-refractivity contribution >= 4 is 33.1 Å². The molecular weight excluding hydrogens is 327 g/mol. The summed E-state index contributed by atoms with van der Waals surface area (Å²) in [6.07, 6.45) is -4.44. The van der Waals surface area contributed by atoms with Crippen molar-refractivity contribution in [2.24, 2.45) is 7.05 Å². The van der Waals surface area contributed by atoms with Crippen molar-refractivity contribution in [3.8, 4) is 0 Å². The number of fused-ring (bicyclic) bond motifs is 1. The third-order valence-corrected chi connectivity index (χ3v) is 4.57. The number of alkyl halides is 3. The van der Waals surface area contributed by atoms with Crippen LogP contribution in [-0.4, -0.2) is 15.7 Å². The van der Waals surface area contributed by atoms with Crippen molar-refractivity contribution in [2.75, 3.05) is 5.32 Å². The van der Waals surface area contributed by atoms with Crippen LogP contribution in [0.5, 0.6) is 0 Å². The van der Waals surface area contributed by atoms with Gasteiger partial charge in [-0.2, -0.15) is 18.3 Å². The van der Waals surface area contributed by atoms with Crippen molar-refractivity contribution in [1.82, 2.24) is 9.78 Å². The normalized spacial score (nSPS) is 11.9. The number of aromatic nitrogens is 2. The summed E-state index contributed by atoms with van der Waals surface area (Å²) in [5.41, 5.74) is 0.112. The van der Waals surface area contributed by atoms with Crippen LogP contribution in [0.15, 0.2) is 30.3 Å². The van der Waals surface area contributed by atoms with Crippen LogP contribution in [0.1, 0.15) is 20.9 Å². The zero-order valence-corrected chi connectivity index (χ0v) is 13.0. The Morgan fingerprint density at radius 2 is 2.04 bits per heavy atom. The largest absolute Gasteiger partial charge is 0.416 e. The van der Waals surface area contributed by atoms with Crippen LogP contribution in [0, 0.1) is 6.92 Å². The number of amides is 1. The number of thiophene rings is 1. The second-order valence-corrected chi connectivity index (χ2v) is 6.10. The van der Waals surface area contributed by atoms with Crippen LogP contribution in [0.4, 0.5) is 18.9 Å². The minimum absolute atomic E-state index is 0.108. The standard InChI is InChI=1S/C15H12F3N3OS/c1-8-11-7-12(23-14(11)21(2)20-8)13(22)19-10-5-3-4-9(6-10)15(16,17)18/h3-7H,1-2H3,(H,19,22). The molecule has 8 heteroatoms. The van der Waals surface area contributed by atoms with E-state index in [4.69, 9.17) is 0 Å². The highest BCUT2D eigenvalue weighted by Gasteiger charge is 2.30. The molecule has 4 nitrogen and oxygen atoms in total. The van der Waals surface area contributed by atoms with Crippen molar-refractivity contribution in [3.05, 3.63) is 46.5 Å². The maximum Gasteiger partial charge on any atom is 0.416 e. The molecule has 0 atom stereocenters. The van der Waals surface area contributed by atoms with Crippen LogP contribution in [0.25, 0.3) is 10.2 Å². The summed E-state index contributed by atoms with van der Waals surface area (Å²) in [6.45, 7) is 1.84. The molecule has 1 amide bonds. The lowest BCUT2D eigenvalue weighted by Crippen LogP contribution is -2.11. The fourth-order valence-corrected chi connectivity index (χ4v) is 3.30. The number of carbonyl (C=O) groups excluding carboxylic acids is 1. The molecule has 0 spiro atoms. The van der Waals surface area contributed by atoms with Gasteiger partial charge in [-0.25, -0.2) is 0 Å². The number of aryl methyl sites for hydroxylation is 2. The van der Waals surface area contributed by atoms with Gasteiger partial charge in [-0.15, -0.1) is 11.3 Å². The van der Waals surface area contributed by atoms with Gasteiger partial charge in [0.2, 0.25) is 0 Å². The summed E-state index contributed by atoms with van der Waals surface area (Å²) < 4.78 is 39.8. The Bertz CT molecular complexity index is 861. The van der Waals surface area contributed by atoms with Gasteiger partial charge in [0.05, 0.1) is 16.1 Å². The average Bonchev–Trinajstić information content (AvgIpc) is 3.01. The van der Waals surface area contributed by atoms with E-state index in [0.29, 0.717) is 4.88 Å². The first-order valence-corrected chi connectivity index (χ1v) is 7.49. The second kappa shape index (κ2) is 5.38. The Kier molecular flexibility index (Phi) is 3.63. The van der Waals surface area contributed by atoms with Gasteiger partial charge in [0, 0.05) is 18.1 Å². The molecule has 2 heterocycles. The maximum atomic E-state index is 12.7. The number of nitrogens with zero attached hydrogens (tertiary/aromatic N) is 2. The smallest absolute Gasteiger partial charge is 0.321 e. The number of halogens is 3. The molecule has 0 radical (unpaired) electrons. The van der Waals surface area contributed by atoms with E-state index in [9.17, 15) is 18.0 Å². The molecule has 0 saturated carbocycles. The lowest BCUT2D eigenvalue weighted by Gasteiger charge is -2.09. The molecule has 3 rings (SSSR count). The number of benzene rings is 1. The van der Waals surface area contributed by atoms with E-state index in [-0.39, 0.29) is 5.69 Å². The van der Waals surface area contributed by atoms with Crippen LogP contribution >= 0.6 is 11.3 Å². The highest BCUT2D eigenvalue weighted by atomic mass is 32.1. The number of anilines is 1. The molecule has 1 N–H and O–H groups in total. The molecule has 0 aliphatic carbocycles. The molecule has 2 aromatic heterocycles. The first kappa shape index (κ1) is 15.5. The van der Waals surface area contributed by atoms with Gasteiger partial charge in [0.1, 0.15) is 4.83 Å². The SMILES string of the molecule is Cc1nn(C)c2sc(C(=O)Nc3cccc(C(F)(F)F)c3)cc12. The van der Waals surface area contributed by atoms with E-state index in [1.165, 1.54) is 23.5 Å². The van der Waals surface area contributed by atoms with E-state index in [1.54, 1.807) is 17.8 Å². The molecule has 3 aromatic rings. The first-order chi connectivity index (χ1) is 10.8. The minimum atomic E-state index is -4.44. The van der Waals surface area contributed by atoms with Crippen LogP contribution in [-0.2, 0) is 13.2 Å². The molecule has 0 fully saturated rings. The molecule has 120 valence electrons. The minimum Gasteiger partial charge on any atom is -0.321 e. The van der Waals surface area contributed by atoms with Gasteiger partial charge >= 0.3 is 6.18 Å². The van der Waals surface area contributed by atoms with E-state index in [0.717, 1.165) is 28.0 Å². The van der Waals surface area contributed by atoms with Gasteiger partial charge < -0.3 is 5.32 Å². The Morgan fingerprint density at radius 1 is 1.30 bits per heavy atom. The Morgan fingerprint density at radius 3 is 2.70 bits per heavy atom. The molecule has 23 heavy (non-hydrogen) atoms. The number of rotatable bonds is 2. The van der Waals surface area contributed by atoms with Crippen LogP contribution in [0.2, 0.25) is 0 Å². The highest BCUT2D eigenvalue weighted by molar-refractivity contribution is 7.20. The third kappa shape index (κ3) is 2.94. The zero-order chi connectivity index (χ0) is 16.8. The lowest BCUT2D eigenvalue weighted by molar-refractivity contribution is -0.137. The van der Waals surface area contributed by atoms with E-state index in [1.807, 2.05) is 6.92 Å². The van der Waals surface area contributed by atoms with Gasteiger partial charge in [-0.3, -0.25) is 9.48 Å². The predicted molar refractivity (Wildman–Crippen MR) is 82.7 cm³/mol. The zero-order valence-electron chi connectivity index (χ0n) is 12.2. The van der Waals surface area contributed by atoms with E-state index < -0.39 is 17.6 Å². The van der Waals surface area contributed by atoms with Crippen molar-refractivity contribution in [1.29, 1.82) is 0 Å². The maximum absolute atomic E-state index is 12.7. The monoisotopic (exact) mass is 339 g/mol. The summed E-state index contributed by atoms with van der Waals surface area (Å²) in [5.74, 6) is -0.440. The number of carbonyl (C=O) groups is 1. The summed E-state index contributed by atoms with van der Waals surface area (Å²) >= 11 is 1.25. The Hall–Kier alpha value is -2.35. The van der Waals surface area contributed by atoms with E-state index in [2.05, 4.69) is 10.4 Å². The second-order valence-electron chi connectivity index (χ2n) is 5.07. The molecule has 0 unspecified atom stereocenters. The van der Waals surface area contributed by atoms with Crippen molar-refractivity contribution in [3.63, 3.8) is 0 Å². The van der Waals surface area contributed by atoms with Crippen LogP contribution in [0.3, 0.4) is 0 Å². The Balaban J connectivity index is 1.87. The summed E-state index contributed by atoms with van der Waals surface area (Å²) in [7, 11) is 1.78. The molecule has 0 aliphatic heterocycles. The van der Waals surface area contributed by atoms with Gasteiger partial charge in [-0.1, -0.05) is 6.07 Å². The number of hydrogen-bond donors (Lipinski definition) is 1. The quantitative estimate of drug-likeness (QED) is 0.760. The predicted octanol–water partition coefficient (Wildman–Crippen LogP) is 4.21. The number of nitrogens with one attached hydrogen (secondary N) is 1. The fourth-order valence-electron chi connectivity index (χ4n) is 2.28. The summed E-state index contributed by atoms with van der Waals surface area (Å²) in [6, 6.07) is 6.26. The third-order valence-electron chi connectivity index (χ3n) is 3.37. The summed E-state index contributed by atoms with van der Waals surface area (Å²) in [5, 5.41) is 7.61. The van der Waals surface area contributed by atoms with Gasteiger partial charge in [0.15, 0.2) is 0 Å². The molecule has 1 aromatic carbocycles. The number of hydrogen-bond acceptors (Lipinski definition) is 3. The van der Waals surface area contributed by atoms with Crippen LogP contribution < -0.4 is 5.32 Å². The Labute approximate surface area is 133 Å². The fraction of sp³-hybridized carbons (Fsp3) is 0.200. The summed E-state index contributed by atoms with van der Waals surface area (Å²) in [4.78, 5) is 13.5. The topological polar surface area (TPSA) is 46.9 Å².